The molecule has 2 aliphatic rings. The number of tetrazole rings is 1. The van der Waals surface area contributed by atoms with E-state index >= 15 is 0 Å². The third-order valence-electron chi connectivity index (χ3n) is 5.11. The van der Waals surface area contributed by atoms with Crippen LogP contribution in [0.15, 0.2) is 60.9 Å². The molecule has 0 saturated carbocycles. The average Bonchev–Trinajstić information content (AvgIpc) is 3.23. The van der Waals surface area contributed by atoms with E-state index in [1.54, 1.807) is 0 Å². The van der Waals surface area contributed by atoms with Gasteiger partial charge in [-0.05, 0) is 53.7 Å². The summed E-state index contributed by atoms with van der Waals surface area (Å²) < 4.78 is 6.45. The first kappa shape index (κ1) is 15.3. The van der Waals surface area contributed by atoms with E-state index < -0.39 is 0 Å². The largest absolute Gasteiger partial charge is 0.482 e. The van der Waals surface area contributed by atoms with E-state index in [9.17, 15) is 0 Å². The van der Waals surface area contributed by atoms with E-state index in [0.717, 1.165) is 42.9 Å². The van der Waals surface area contributed by atoms with Crippen LogP contribution in [0.1, 0.15) is 24.0 Å². The number of rotatable bonds is 2. The topological polar surface area (TPSA) is 64.9 Å². The summed E-state index contributed by atoms with van der Waals surface area (Å²) in [4.78, 5) is 1.52. The molecule has 0 unspecified atom stereocenters. The minimum atomic E-state index is -0.221. The zero-order valence-electron chi connectivity index (χ0n) is 14.3. The summed E-state index contributed by atoms with van der Waals surface area (Å²) in [7, 11) is 0. The van der Waals surface area contributed by atoms with Gasteiger partial charge in [0, 0.05) is 18.4 Å². The molecule has 1 spiro atoms. The first-order chi connectivity index (χ1) is 12.8. The van der Waals surface area contributed by atoms with Gasteiger partial charge >= 0.3 is 0 Å². The fraction of sp³-hybridized carbons (Fsp3) is 0.250. The van der Waals surface area contributed by atoms with Gasteiger partial charge in [0.1, 0.15) is 11.4 Å². The number of hydrogen-bond acceptors (Lipinski definition) is 5. The van der Waals surface area contributed by atoms with Crippen LogP contribution in [0.5, 0.6) is 5.75 Å². The quantitative estimate of drug-likeness (QED) is 0.773. The third-order valence-corrected chi connectivity index (χ3v) is 5.11. The molecule has 2 aromatic carbocycles. The number of piperidine rings is 1. The summed E-state index contributed by atoms with van der Waals surface area (Å²) in [6.45, 7) is 1.95. The molecule has 1 fully saturated rings. The molecule has 0 radical (unpaired) electrons. The molecule has 1 aromatic heterocycles. The Morgan fingerprint density at radius 3 is 2.58 bits per heavy atom. The molecule has 130 valence electrons. The van der Waals surface area contributed by atoms with Crippen LogP contribution < -0.4 is 10.1 Å². The maximum absolute atomic E-state index is 6.45. The van der Waals surface area contributed by atoms with Crippen molar-refractivity contribution in [3.05, 3.63) is 72.1 Å². The van der Waals surface area contributed by atoms with Crippen LogP contribution >= 0.6 is 0 Å². The van der Waals surface area contributed by atoms with Gasteiger partial charge in [-0.25, -0.2) is 0 Å². The van der Waals surface area contributed by atoms with Gasteiger partial charge in [-0.1, -0.05) is 30.3 Å². The van der Waals surface area contributed by atoms with Gasteiger partial charge in [-0.2, -0.15) is 0 Å². The minimum Gasteiger partial charge on any atom is -0.482 e. The standard InChI is InChI=1S/C20H19N5O/c1-2-4-19-17(3-1)18(13-20(26-19)9-11-21-12-10-20)15-5-7-16(8-6-15)25-23-14-22-24-25/h1-8,13-14,21H,9-12H2. The average molecular weight is 345 g/mol. The highest BCUT2D eigenvalue weighted by atomic mass is 16.5. The number of nitrogens with zero attached hydrogens (tertiary/aromatic N) is 4. The lowest BCUT2D eigenvalue weighted by Crippen LogP contribution is -2.46. The van der Waals surface area contributed by atoms with Crippen LogP contribution in [0.3, 0.4) is 0 Å². The number of hydrogen-bond donors (Lipinski definition) is 1. The van der Waals surface area contributed by atoms with E-state index in [-0.39, 0.29) is 5.60 Å². The lowest BCUT2D eigenvalue weighted by atomic mass is 9.83. The third kappa shape index (κ3) is 2.59. The Bertz CT molecular complexity index is 941. The molecule has 26 heavy (non-hydrogen) atoms. The molecule has 0 aliphatic carbocycles. The van der Waals surface area contributed by atoms with Crippen molar-refractivity contribution < 1.29 is 4.74 Å². The van der Waals surface area contributed by atoms with E-state index in [2.05, 4.69) is 57.1 Å². The van der Waals surface area contributed by atoms with E-state index in [4.69, 9.17) is 4.74 Å². The number of aromatic nitrogens is 4. The monoisotopic (exact) mass is 345 g/mol. The number of ether oxygens (including phenoxy) is 1. The summed E-state index contributed by atoms with van der Waals surface area (Å²) in [6.07, 6.45) is 5.71. The molecule has 0 amide bonds. The highest BCUT2D eigenvalue weighted by Gasteiger charge is 2.36. The van der Waals surface area contributed by atoms with Crippen molar-refractivity contribution in [2.24, 2.45) is 0 Å². The van der Waals surface area contributed by atoms with Crippen molar-refractivity contribution in [1.29, 1.82) is 0 Å². The van der Waals surface area contributed by atoms with Gasteiger partial charge in [-0.15, -0.1) is 15.0 Å². The predicted molar refractivity (Wildman–Crippen MR) is 98.1 cm³/mol. The molecule has 5 rings (SSSR count). The summed E-state index contributed by atoms with van der Waals surface area (Å²) in [5.74, 6) is 0.967. The molecule has 6 heteroatoms. The summed E-state index contributed by atoms with van der Waals surface area (Å²) in [6, 6.07) is 16.6. The fourth-order valence-corrected chi connectivity index (χ4v) is 3.76. The summed E-state index contributed by atoms with van der Waals surface area (Å²) in [5, 5.41) is 15.2. The van der Waals surface area contributed by atoms with Crippen LogP contribution in [0.4, 0.5) is 0 Å². The number of para-hydroxylation sites is 1. The minimum absolute atomic E-state index is 0.221. The predicted octanol–water partition coefficient (Wildman–Crippen LogP) is 2.61. The van der Waals surface area contributed by atoms with Crippen LogP contribution in [0, 0.1) is 0 Å². The van der Waals surface area contributed by atoms with Crippen LogP contribution in [-0.4, -0.2) is 38.9 Å². The maximum atomic E-state index is 6.45. The van der Waals surface area contributed by atoms with Crippen LogP contribution in [0.2, 0.25) is 0 Å². The summed E-state index contributed by atoms with van der Waals surface area (Å²) >= 11 is 0. The SMILES string of the molecule is C1=C(c2ccc(-n3ncnn3)cc2)c2ccccc2OC12CCNCC2. The van der Waals surface area contributed by atoms with Crippen molar-refractivity contribution in [3.63, 3.8) is 0 Å². The second-order valence-corrected chi connectivity index (χ2v) is 6.74. The molecule has 0 bridgehead atoms. The number of benzene rings is 2. The van der Waals surface area contributed by atoms with Crippen molar-refractivity contribution in [2.45, 2.75) is 18.4 Å². The Balaban J connectivity index is 1.58. The van der Waals surface area contributed by atoms with Crippen molar-refractivity contribution >= 4 is 5.57 Å². The number of fused-ring (bicyclic) bond motifs is 1. The lowest BCUT2D eigenvalue weighted by molar-refractivity contribution is 0.0817. The Morgan fingerprint density at radius 1 is 1.00 bits per heavy atom. The number of nitrogens with one attached hydrogen (secondary N) is 1. The lowest BCUT2D eigenvalue weighted by Gasteiger charge is -2.40. The normalized spacial score (nSPS) is 18.1. The molecule has 1 N–H and O–H groups in total. The highest BCUT2D eigenvalue weighted by Crippen LogP contribution is 2.42. The molecule has 3 heterocycles. The van der Waals surface area contributed by atoms with Gasteiger partial charge in [-0.3, -0.25) is 0 Å². The van der Waals surface area contributed by atoms with Gasteiger partial charge < -0.3 is 10.1 Å². The van der Waals surface area contributed by atoms with E-state index in [1.807, 2.05) is 18.2 Å². The van der Waals surface area contributed by atoms with Gasteiger partial charge in [0.05, 0.1) is 5.69 Å². The second-order valence-electron chi connectivity index (χ2n) is 6.74. The Hall–Kier alpha value is -2.99. The molecule has 2 aliphatic heterocycles. The van der Waals surface area contributed by atoms with Gasteiger partial charge in [0.2, 0.25) is 0 Å². The van der Waals surface area contributed by atoms with Crippen LogP contribution in [-0.2, 0) is 0 Å². The van der Waals surface area contributed by atoms with Crippen LogP contribution in [0.25, 0.3) is 11.3 Å². The van der Waals surface area contributed by atoms with Crippen molar-refractivity contribution in [3.8, 4) is 11.4 Å². The molecule has 1 saturated heterocycles. The molecular weight excluding hydrogens is 326 g/mol. The molecule has 3 aromatic rings. The Labute approximate surface area is 151 Å². The molecule has 0 atom stereocenters. The van der Waals surface area contributed by atoms with Gasteiger partial charge in [0.15, 0.2) is 6.33 Å². The maximum Gasteiger partial charge on any atom is 0.162 e. The fourth-order valence-electron chi connectivity index (χ4n) is 3.76. The van der Waals surface area contributed by atoms with Crippen molar-refractivity contribution in [2.75, 3.05) is 13.1 Å². The smallest absolute Gasteiger partial charge is 0.162 e. The zero-order valence-corrected chi connectivity index (χ0v) is 14.3. The zero-order chi connectivity index (χ0) is 17.4. The highest BCUT2D eigenvalue weighted by molar-refractivity contribution is 5.85. The molecule has 6 nitrogen and oxygen atoms in total. The Kier molecular flexibility index (Phi) is 3.57. The van der Waals surface area contributed by atoms with E-state index in [0.29, 0.717) is 0 Å². The summed E-state index contributed by atoms with van der Waals surface area (Å²) in [5.41, 5.74) is 4.21. The Morgan fingerprint density at radius 2 is 1.81 bits per heavy atom. The first-order valence-corrected chi connectivity index (χ1v) is 8.89. The second kappa shape index (κ2) is 6.07. The molecular formula is C20H19N5O. The first-order valence-electron chi connectivity index (χ1n) is 8.89. The van der Waals surface area contributed by atoms with Crippen molar-refractivity contribution in [1.82, 2.24) is 25.5 Å². The van der Waals surface area contributed by atoms with Gasteiger partial charge in [0.25, 0.3) is 0 Å². The van der Waals surface area contributed by atoms with E-state index in [1.165, 1.54) is 22.3 Å².